The molecule has 0 radical (unpaired) electrons. The van der Waals surface area contributed by atoms with Gasteiger partial charge in [-0.05, 0) is 72.3 Å². The Bertz CT molecular complexity index is 3700. The van der Waals surface area contributed by atoms with Gasteiger partial charge in [0.05, 0.1) is 55.2 Å². The van der Waals surface area contributed by atoms with Crippen molar-refractivity contribution in [3.05, 3.63) is 188 Å². The lowest BCUT2D eigenvalue weighted by Gasteiger charge is -2.16. The molecule has 0 spiro atoms. The predicted molar refractivity (Wildman–Crippen MR) is 243 cm³/mol. The first-order valence-electron chi connectivity index (χ1n) is 19.6. The second-order valence-corrected chi connectivity index (χ2v) is 16.1. The number of fused-ring (bicyclic) bond motifs is 12. The summed E-state index contributed by atoms with van der Waals surface area (Å²) in [5.41, 5.74) is 12.4. The third kappa shape index (κ3) is 4.40. The topological polar surface area (TPSA) is 40.6 Å². The van der Waals surface area contributed by atoms with Crippen LogP contribution < -0.4 is 0 Å². The third-order valence-corrected chi connectivity index (χ3v) is 13.0. The van der Waals surface area contributed by atoms with Crippen molar-refractivity contribution in [2.24, 2.45) is 0 Å². The van der Waals surface area contributed by atoms with Crippen molar-refractivity contribution in [2.45, 2.75) is 0 Å². The lowest BCUT2D eigenvalue weighted by Crippen LogP contribution is -2.00. The summed E-state index contributed by atoms with van der Waals surface area (Å²) in [6.45, 7) is 0. The molecule has 0 aliphatic heterocycles. The monoisotopic (exact) mass is 757 g/mol. The van der Waals surface area contributed by atoms with Gasteiger partial charge < -0.3 is 9.13 Å². The van der Waals surface area contributed by atoms with Gasteiger partial charge in [0, 0.05) is 53.7 Å². The molecule has 0 unspecified atom stereocenters. The zero-order chi connectivity index (χ0) is 37.9. The minimum atomic E-state index is 0.676. The van der Waals surface area contributed by atoms with Crippen LogP contribution in [-0.4, -0.2) is 23.7 Å². The van der Waals surface area contributed by atoms with E-state index in [0.717, 1.165) is 54.7 Å². The van der Waals surface area contributed by atoms with E-state index >= 15 is 0 Å². The summed E-state index contributed by atoms with van der Waals surface area (Å²) >= 11 is 1.75. The Morgan fingerprint density at radius 1 is 0.379 bits per heavy atom. The maximum Gasteiger partial charge on any atom is 0.235 e. The van der Waals surface area contributed by atoms with Crippen molar-refractivity contribution in [3.63, 3.8) is 0 Å². The molecule has 0 atom stereocenters. The van der Waals surface area contributed by atoms with Crippen molar-refractivity contribution < 1.29 is 0 Å². The summed E-state index contributed by atoms with van der Waals surface area (Å²) in [7, 11) is 0. The van der Waals surface area contributed by atoms with Crippen LogP contribution in [0.2, 0.25) is 0 Å². The second-order valence-electron chi connectivity index (χ2n) is 15.0. The van der Waals surface area contributed by atoms with Gasteiger partial charge in [0.15, 0.2) is 0 Å². The van der Waals surface area contributed by atoms with Gasteiger partial charge in [-0.1, -0.05) is 115 Å². The number of rotatable bonds is 4. The minimum absolute atomic E-state index is 0.676. The molecule has 0 saturated carbocycles. The number of hydrogen-bond acceptors (Lipinski definition) is 3. The molecule has 5 nitrogen and oxygen atoms in total. The van der Waals surface area contributed by atoms with Crippen LogP contribution in [0.25, 0.3) is 114 Å². The predicted octanol–water partition coefficient (Wildman–Crippen LogP) is 13.8. The van der Waals surface area contributed by atoms with E-state index in [2.05, 4.69) is 196 Å². The fraction of sp³-hybridized carbons (Fsp3) is 0. The minimum Gasteiger partial charge on any atom is -0.309 e. The molecule has 0 saturated heterocycles. The first-order chi connectivity index (χ1) is 28.8. The van der Waals surface area contributed by atoms with Crippen molar-refractivity contribution in [1.82, 2.24) is 23.7 Å². The van der Waals surface area contributed by atoms with Crippen molar-refractivity contribution in [3.8, 4) is 28.5 Å². The van der Waals surface area contributed by atoms with E-state index in [-0.39, 0.29) is 0 Å². The molecule has 0 aliphatic rings. The number of para-hydroxylation sites is 6. The first kappa shape index (κ1) is 31.6. The number of nitrogens with zero attached hydrogens (tertiary/aromatic N) is 5. The average molecular weight is 758 g/mol. The Balaban J connectivity index is 1.12. The van der Waals surface area contributed by atoms with Gasteiger partial charge in [0.1, 0.15) is 0 Å². The van der Waals surface area contributed by atoms with Crippen molar-refractivity contribution >= 4 is 97.1 Å². The Morgan fingerprint density at radius 3 is 1.50 bits per heavy atom. The smallest absolute Gasteiger partial charge is 0.235 e. The Morgan fingerprint density at radius 2 is 0.897 bits per heavy atom. The van der Waals surface area contributed by atoms with Gasteiger partial charge in [0.25, 0.3) is 0 Å². The number of benzene rings is 8. The maximum absolute atomic E-state index is 5.38. The van der Waals surface area contributed by atoms with Gasteiger partial charge in [-0.2, -0.15) is 0 Å². The van der Waals surface area contributed by atoms with Gasteiger partial charge in [-0.3, -0.25) is 4.57 Å². The molecule has 13 aromatic rings. The van der Waals surface area contributed by atoms with Crippen LogP contribution in [0.3, 0.4) is 0 Å². The molecule has 0 bridgehead atoms. The standard InChI is InChI=1S/C52H31N5S/c1-2-14-33(15-3-1)55-42-21-9-8-20-38(42)40-30-47(56-43-22-10-4-16-34(43)35-17-5-11-23-44(35)56)39(29-48(40)55)32-26-27-49-41(28-32)51-50(58-49)31-53-52(54-51)57-45-24-12-6-18-36(45)37-19-7-13-25-46(37)57/h1-31H. The Labute approximate surface area is 335 Å². The van der Waals surface area contributed by atoms with Crippen LogP contribution >= 0.6 is 11.3 Å². The van der Waals surface area contributed by atoms with E-state index in [9.17, 15) is 0 Å². The molecule has 270 valence electrons. The molecule has 6 heteroatoms. The molecule has 0 N–H and O–H groups in total. The number of aromatic nitrogens is 5. The Hall–Kier alpha value is -7.54. The van der Waals surface area contributed by atoms with Crippen molar-refractivity contribution in [1.29, 1.82) is 0 Å². The lowest BCUT2D eigenvalue weighted by molar-refractivity contribution is 1.01. The quantitative estimate of drug-likeness (QED) is 0.179. The highest BCUT2D eigenvalue weighted by Gasteiger charge is 2.22. The zero-order valence-corrected chi connectivity index (χ0v) is 31.9. The highest BCUT2D eigenvalue weighted by Crippen LogP contribution is 2.44. The van der Waals surface area contributed by atoms with Gasteiger partial charge in [0.2, 0.25) is 5.95 Å². The van der Waals surface area contributed by atoms with Gasteiger partial charge in [-0.15, -0.1) is 11.3 Å². The van der Waals surface area contributed by atoms with Crippen LogP contribution in [0.5, 0.6) is 0 Å². The number of thiophene rings is 1. The van der Waals surface area contributed by atoms with Crippen LogP contribution in [0.1, 0.15) is 0 Å². The molecule has 5 aromatic heterocycles. The average Bonchev–Trinajstić information content (AvgIpc) is 4.02. The molecule has 8 aromatic carbocycles. The van der Waals surface area contributed by atoms with Gasteiger partial charge >= 0.3 is 0 Å². The summed E-state index contributed by atoms with van der Waals surface area (Å²) in [5.74, 6) is 0.676. The number of hydrogen-bond donors (Lipinski definition) is 0. The third-order valence-electron chi connectivity index (χ3n) is 11.9. The normalized spacial score (nSPS) is 12.1. The van der Waals surface area contributed by atoms with Crippen LogP contribution in [0, 0.1) is 0 Å². The summed E-state index contributed by atoms with van der Waals surface area (Å²) in [5, 5.41) is 8.43. The zero-order valence-electron chi connectivity index (χ0n) is 31.0. The molecule has 13 rings (SSSR count). The summed E-state index contributed by atoms with van der Waals surface area (Å²) < 4.78 is 9.33. The van der Waals surface area contributed by atoms with E-state index in [0.29, 0.717) is 5.95 Å². The lowest BCUT2D eigenvalue weighted by atomic mass is 9.99. The van der Waals surface area contributed by atoms with Crippen molar-refractivity contribution in [2.75, 3.05) is 0 Å². The fourth-order valence-corrected chi connectivity index (χ4v) is 10.4. The molecule has 0 aliphatic carbocycles. The summed E-state index contributed by atoms with van der Waals surface area (Å²) in [6, 6.07) is 65.9. The van der Waals surface area contributed by atoms with E-state index in [1.54, 1.807) is 11.3 Å². The van der Waals surface area contributed by atoms with Crippen LogP contribution in [0.4, 0.5) is 0 Å². The van der Waals surface area contributed by atoms with E-state index in [4.69, 9.17) is 9.97 Å². The molecule has 5 heterocycles. The maximum atomic E-state index is 5.38. The fourth-order valence-electron chi connectivity index (χ4n) is 9.42. The summed E-state index contributed by atoms with van der Waals surface area (Å²) in [6.07, 6.45) is 2.00. The molecular formula is C52H31N5S. The highest BCUT2D eigenvalue weighted by molar-refractivity contribution is 7.25. The largest absolute Gasteiger partial charge is 0.309 e. The van der Waals surface area contributed by atoms with Crippen LogP contribution in [0.15, 0.2) is 188 Å². The molecule has 58 heavy (non-hydrogen) atoms. The van der Waals surface area contributed by atoms with E-state index in [1.807, 2.05) is 6.20 Å². The molecule has 0 fully saturated rings. The van der Waals surface area contributed by atoms with Crippen LogP contribution in [-0.2, 0) is 0 Å². The molecular weight excluding hydrogens is 727 g/mol. The van der Waals surface area contributed by atoms with Gasteiger partial charge in [-0.25, -0.2) is 9.97 Å². The Kier molecular flexibility index (Phi) is 6.54. The first-order valence-corrected chi connectivity index (χ1v) is 20.4. The highest BCUT2D eigenvalue weighted by atomic mass is 32.1. The summed E-state index contributed by atoms with van der Waals surface area (Å²) in [4.78, 5) is 10.4. The molecule has 0 amide bonds. The second kappa shape index (κ2) is 12.0. The SMILES string of the molecule is c1ccc(-n2c3ccccc3c3cc(-n4c5ccccc5c5ccccc54)c(-c4ccc5sc6cnc(-n7c8ccccc8c8ccccc87)nc6c5c4)cc32)cc1. The van der Waals surface area contributed by atoms with E-state index < -0.39 is 0 Å². The van der Waals surface area contributed by atoms with E-state index in [1.165, 1.54) is 53.6 Å².